The van der Waals surface area contributed by atoms with Gasteiger partial charge in [0.1, 0.15) is 17.3 Å². The van der Waals surface area contributed by atoms with Crippen molar-refractivity contribution in [3.05, 3.63) is 71.1 Å². The Hall–Kier alpha value is -2.86. The van der Waals surface area contributed by atoms with Gasteiger partial charge in [0, 0.05) is 20.1 Å². The number of nitrogens with one attached hydrogen (secondary N) is 1. The van der Waals surface area contributed by atoms with E-state index in [2.05, 4.69) is 11.4 Å². The summed E-state index contributed by atoms with van der Waals surface area (Å²) in [7, 11) is 1.77. The van der Waals surface area contributed by atoms with E-state index in [1.165, 1.54) is 12.1 Å². The number of hydrogen-bond acceptors (Lipinski definition) is 3. The number of likely N-dealkylation sites (N-methyl/N-ethyl adjacent to an activating group) is 1. The largest absolute Gasteiger partial charge is 0.457 e. The van der Waals surface area contributed by atoms with Gasteiger partial charge >= 0.3 is 6.03 Å². The van der Waals surface area contributed by atoms with E-state index < -0.39 is 0 Å². The number of rotatable bonds is 6. The van der Waals surface area contributed by atoms with Gasteiger partial charge in [0.15, 0.2) is 0 Å². The van der Waals surface area contributed by atoms with Gasteiger partial charge in [0.05, 0.1) is 13.2 Å². The van der Waals surface area contributed by atoms with Crippen molar-refractivity contribution >= 4 is 6.03 Å². The molecule has 0 aliphatic carbocycles. The molecule has 6 heteroatoms. The smallest absolute Gasteiger partial charge is 0.317 e. The molecule has 0 aromatic heterocycles. The summed E-state index contributed by atoms with van der Waals surface area (Å²) >= 11 is 0. The lowest BCUT2D eigenvalue weighted by Gasteiger charge is -2.22. The molecular weight excluding hydrogens is 359 g/mol. The van der Waals surface area contributed by atoms with Crippen LogP contribution in [0.1, 0.15) is 17.5 Å². The summed E-state index contributed by atoms with van der Waals surface area (Å²) in [5, 5.41) is 2.93. The predicted molar refractivity (Wildman–Crippen MR) is 106 cm³/mol. The fourth-order valence-corrected chi connectivity index (χ4v) is 2.97. The van der Waals surface area contributed by atoms with Crippen LogP contribution in [0.15, 0.2) is 54.1 Å². The average Bonchev–Trinajstić information content (AvgIpc) is 2.70. The summed E-state index contributed by atoms with van der Waals surface area (Å²) in [6.07, 6.45) is 3.03. The van der Waals surface area contributed by atoms with Crippen molar-refractivity contribution < 1.29 is 18.7 Å². The molecule has 148 valence electrons. The summed E-state index contributed by atoms with van der Waals surface area (Å²) in [4.78, 5) is 14.0. The van der Waals surface area contributed by atoms with E-state index in [-0.39, 0.29) is 11.8 Å². The van der Waals surface area contributed by atoms with Crippen LogP contribution in [0.25, 0.3) is 0 Å². The van der Waals surface area contributed by atoms with Crippen molar-refractivity contribution in [1.82, 2.24) is 10.2 Å². The number of urea groups is 1. The van der Waals surface area contributed by atoms with Gasteiger partial charge in [-0.1, -0.05) is 18.2 Å². The molecule has 0 bridgehead atoms. The highest BCUT2D eigenvalue weighted by molar-refractivity contribution is 5.74. The highest BCUT2D eigenvalue weighted by atomic mass is 19.1. The van der Waals surface area contributed by atoms with E-state index in [0.29, 0.717) is 31.2 Å². The second-order valence-electron chi connectivity index (χ2n) is 6.87. The number of halogens is 1. The maximum Gasteiger partial charge on any atom is 0.317 e. The standard InChI is InChI=1S/C22H25FN2O3/c1-16-12-17(5-10-21(16)28-20-8-6-19(23)7-9-20)13-24-22(26)25(2)14-18-4-3-11-27-15-18/h4-10,12H,3,11,13-15H2,1-2H3,(H,24,26). The summed E-state index contributed by atoms with van der Waals surface area (Å²) < 4.78 is 24.2. The zero-order valence-electron chi connectivity index (χ0n) is 16.2. The van der Waals surface area contributed by atoms with Crippen LogP contribution in [0, 0.1) is 12.7 Å². The second-order valence-corrected chi connectivity index (χ2v) is 6.87. The molecule has 0 fully saturated rings. The molecule has 28 heavy (non-hydrogen) atoms. The maximum atomic E-state index is 13.0. The Morgan fingerprint density at radius 3 is 2.71 bits per heavy atom. The number of amides is 2. The van der Waals surface area contributed by atoms with Gasteiger partial charge in [0.25, 0.3) is 0 Å². The molecule has 0 saturated heterocycles. The van der Waals surface area contributed by atoms with E-state index in [9.17, 15) is 9.18 Å². The van der Waals surface area contributed by atoms with Crippen LogP contribution in [0.2, 0.25) is 0 Å². The molecule has 2 aromatic carbocycles. The molecule has 3 rings (SSSR count). The fourth-order valence-electron chi connectivity index (χ4n) is 2.97. The molecule has 2 amide bonds. The second kappa shape index (κ2) is 9.37. The van der Waals surface area contributed by atoms with Gasteiger partial charge in [-0.05, 0) is 60.4 Å². The SMILES string of the molecule is Cc1cc(CNC(=O)N(C)CC2=CCCOC2)ccc1Oc1ccc(F)cc1. The molecule has 1 aliphatic rings. The van der Waals surface area contributed by atoms with Crippen molar-refractivity contribution in [2.75, 3.05) is 26.8 Å². The monoisotopic (exact) mass is 384 g/mol. The molecule has 1 heterocycles. The zero-order valence-corrected chi connectivity index (χ0v) is 16.2. The molecule has 0 radical (unpaired) electrons. The molecule has 5 nitrogen and oxygen atoms in total. The van der Waals surface area contributed by atoms with Crippen molar-refractivity contribution in [1.29, 1.82) is 0 Å². The first-order valence-corrected chi connectivity index (χ1v) is 9.29. The van der Waals surface area contributed by atoms with E-state index in [1.807, 2.05) is 25.1 Å². The number of carbonyl (C=O) groups is 1. The number of hydrogen-bond donors (Lipinski definition) is 1. The number of nitrogens with zero attached hydrogens (tertiary/aromatic N) is 1. The van der Waals surface area contributed by atoms with E-state index in [1.54, 1.807) is 24.1 Å². The Labute approximate surface area is 164 Å². The van der Waals surface area contributed by atoms with Crippen LogP contribution in [0.5, 0.6) is 11.5 Å². The number of aryl methyl sites for hydroxylation is 1. The topological polar surface area (TPSA) is 50.8 Å². The Bertz CT molecular complexity index is 849. The first-order valence-electron chi connectivity index (χ1n) is 9.29. The predicted octanol–water partition coefficient (Wildman–Crippen LogP) is 4.41. The third kappa shape index (κ3) is 5.57. The summed E-state index contributed by atoms with van der Waals surface area (Å²) in [6, 6.07) is 11.5. The Morgan fingerprint density at radius 1 is 1.25 bits per heavy atom. The lowest BCUT2D eigenvalue weighted by atomic mass is 10.1. The number of benzene rings is 2. The minimum absolute atomic E-state index is 0.129. The minimum atomic E-state index is -0.299. The van der Waals surface area contributed by atoms with Crippen LogP contribution in [0.4, 0.5) is 9.18 Å². The molecule has 0 saturated carbocycles. The molecule has 2 aromatic rings. The fraction of sp³-hybridized carbons (Fsp3) is 0.318. The highest BCUT2D eigenvalue weighted by Crippen LogP contribution is 2.26. The van der Waals surface area contributed by atoms with E-state index in [0.717, 1.165) is 29.7 Å². The molecule has 0 spiro atoms. The lowest BCUT2D eigenvalue weighted by Crippen LogP contribution is -2.38. The van der Waals surface area contributed by atoms with Crippen LogP contribution in [-0.2, 0) is 11.3 Å². The Morgan fingerprint density at radius 2 is 2.04 bits per heavy atom. The van der Waals surface area contributed by atoms with Crippen LogP contribution >= 0.6 is 0 Å². The molecule has 1 N–H and O–H groups in total. The third-order valence-electron chi connectivity index (χ3n) is 4.49. The Kier molecular flexibility index (Phi) is 6.66. The number of carbonyl (C=O) groups excluding carboxylic acids is 1. The van der Waals surface area contributed by atoms with Gasteiger partial charge in [-0.3, -0.25) is 0 Å². The normalized spacial score (nSPS) is 13.6. The van der Waals surface area contributed by atoms with Gasteiger partial charge in [-0.2, -0.15) is 0 Å². The van der Waals surface area contributed by atoms with Crippen molar-refractivity contribution in [2.24, 2.45) is 0 Å². The first-order chi connectivity index (χ1) is 13.5. The van der Waals surface area contributed by atoms with E-state index in [4.69, 9.17) is 9.47 Å². The molecule has 0 unspecified atom stereocenters. The quantitative estimate of drug-likeness (QED) is 0.751. The molecule has 1 aliphatic heterocycles. The van der Waals surface area contributed by atoms with Gasteiger partial charge in [-0.15, -0.1) is 0 Å². The zero-order chi connectivity index (χ0) is 19.9. The van der Waals surface area contributed by atoms with Crippen molar-refractivity contribution in [3.8, 4) is 11.5 Å². The van der Waals surface area contributed by atoms with Crippen LogP contribution in [-0.4, -0.2) is 37.7 Å². The third-order valence-corrected chi connectivity index (χ3v) is 4.49. The minimum Gasteiger partial charge on any atom is -0.457 e. The summed E-state index contributed by atoms with van der Waals surface area (Å²) in [5.41, 5.74) is 3.04. The highest BCUT2D eigenvalue weighted by Gasteiger charge is 2.12. The van der Waals surface area contributed by atoms with Crippen LogP contribution < -0.4 is 10.1 Å². The van der Waals surface area contributed by atoms with Gasteiger partial charge in [0.2, 0.25) is 0 Å². The summed E-state index contributed by atoms with van der Waals surface area (Å²) in [5.74, 6) is 0.976. The lowest BCUT2D eigenvalue weighted by molar-refractivity contribution is 0.144. The van der Waals surface area contributed by atoms with Gasteiger partial charge < -0.3 is 19.7 Å². The number of ether oxygens (including phenoxy) is 2. The maximum absolute atomic E-state index is 13.0. The Balaban J connectivity index is 1.53. The molecule has 0 atom stereocenters. The van der Waals surface area contributed by atoms with Gasteiger partial charge in [-0.25, -0.2) is 9.18 Å². The molecular formula is C22H25FN2O3. The van der Waals surface area contributed by atoms with Crippen molar-refractivity contribution in [2.45, 2.75) is 19.9 Å². The average molecular weight is 384 g/mol. The van der Waals surface area contributed by atoms with Crippen molar-refractivity contribution in [3.63, 3.8) is 0 Å². The first kappa shape index (κ1) is 19.9. The van der Waals surface area contributed by atoms with E-state index >= 15 is 0 Å². The van der Waals surface area contributed by atoms with Crippen LogP contribution in [0.3, 0.4) is 0 Å². The summed E-state index contributed by atoms with van der Waals surface area (Å²) in [6.45, 7) is 4.27.